The van der Waals surface area contributed by atoms with Gasteiger partial charge in [0, 0.05) is 0 Å². The normalized spacial score (nSPS) is 18.6. The molecule has 31 heavy (non-hydrogen) atoms. The summed E-state index contributed by atoms with van der Waals surface area (Å²) in [6.45, 7) is 1.60. The van der Waals surface area contributed by atoms with Crippen molar-refractivity contribution in [3.05, 3.63) is 65.4 Å². The Kier molecular flexibility index (Phi) is 4.48. The van der Waals surface area contributed by atoms with Crippen LogP contribution in [0.25, 0.3) is 21.5 Å². The number of nitrogens with zero attached hydrogens (tertiary/aromatic N) is 3. The maximum Gasteiger partial charge on any atom is 0.325 e. The first kappa shape index (κ1) is 19.3. The van der Waals surface area contributed by atoms with Crippen molar-refractivity contribution in [2.24, 2.45) is 0 Å². The second kappa shape index (κ2) is 7.21. The monoisotopic (exact) mass is 434 g/mol. The van der Waals surface area contributed by atoms with E-state index >= 15 is 0 Å². The van der Waals surface area contributed by atoms with Crippen molar-refractivity contribution in [3.8, 4) is 16.5 Å². The molecule has 1 aliphatic heterocycles. The minimum absolute atomic E-state index is 0.0938. The standard InChI is InChI=1S/C22H18N4O4S/c1-22(15-7-5-14-11-16(29-2)8-6-13(14)10-15)20(27)26(21(28)24-22)12-18-23-19(25-30-18)17-4-3-9-31-17/h3-11H,12H2,1-2H3,(H,24,28)/t22-/m1/s1. The fourth-order valence-electron chi connectivity index (χ4n) is 3.66. The molecular weight excluding hydrogens is 416 g/mol. The summed E-state index contributed by atoms with van der Waals surface area (Å²) in [6, 6.07) is 14.6. The molecular formula is C22H18N4O4S. The Bertz CT molecular complexity index is 1300. The van der Waals surface area contributed by atoms with Gasteiger partial charge < -0.3 is 14.6 Å². The largest absolute Gasteiger partial charge is 0.497 e. The SMILES string of the molecule is COc1ccc2cc([C@@]3(C)NC(=O)N(Cc4nc(-c5cccs5)no4)C3=O)ccc2c1. The number of aromatic nitrogens is 2. The van der Waals surface area contributed by atoms with E-state index in [2.05, 4.69) is 15.5 Å². The van der Waals surface area contributed by atoms with E-state index < -0.39 is 11.6 Å². The minimum Gasteiger partial charge on any atom is -0.497 e. The highest BCUT2D eigenvalue weighted by Gasteiger charge is 2.49. The van der Waals surface area contributed by atoms with E-state index in [-0.39, 0.29) is 18.3 Å². The van der Waals surface area contributed by atoms with E-state index in [1.165, 1.54) is 11.3 Å². The highest BCUT2D eigenvalue weighted by Crippen LogP contribution is 2.33. The molecule has 3 heterocycles. The van der Waals surface area contributed by atoms with E-state index in [4.69, 9.17) is 9.26 Å². The molecule has 1 aliphatic rings. The Morgan fingerprint density at radius 1 is 1.16 bits per heavy atom. The van der Waals surface area contributed by atoms with Crippen molar-refractivity contribution in [1.29, 1.82) is 0 Å². The zero-order valence-electron chi connectivity index (χ0n) is 16.8. The fourth-order valence-corrected chi connectivity index (χ4v) is 4.31. The molecule has 5 rings (SSSR count). The predicted octanol–water partition coefficient (Wildman–Crippen LogP) is 3.93. The smallest absolute Gasteiger partial charge is 0.325 e. The van der Waals surface area contributed by atoms with Gasteiger partial charge >= 0.3 is 6.03 Å². The Morgan fingerprint density at radius 3 is 2.74 bits per heavy atom. The number of benzene rings is 2. The Labute approximate surface area is 181 Å². The first-order valence-electron chi connectivity index (χ1n) is 9.57. The molecule has 0 radical (unpaired) electrons. The van der Waals surface area contributed by atoms with Gasteiger partial charge in [0.15, 0.2) is 0 Å². The van der Waals surface area contributed by atoms with Gasteiger partial charge in [-0.3, -0.25) is 9.69 Å². The zero-order valence-corrected chi connectivity index (χ0v) is 17.6. The number of rotatable bonds is 5. The third-order valence-electron chi connectivity index (χ3n) is 5.40. The molecule has 0 bridgehead atoms. The second-order valence-corrected chi connectivity index (χ2v) is 8.31. The number of carbonyl (C=O) groups is 2. The number of urea groups is 1. The molecule has 9 heteroatoms. The van der Waals surface area contributed by atoms with Crippen molar-refractivity contribution in [2.45, 2.75) is 19.0 Å². The number of nitrogens with one attached hydrogen (secondary N) is 1. The Morgan fingerprint density at radius 2 is 1.97 bits per heavy atom. The lowest BCUT2D eigenvalue weighted by atomic mass is 9.90. The number of imide groups is 1. The highest BCUT2D eigenvalue weighted by atomic mass is 32.1. The van der Waals surface area contributed by atoms with Crippen molar-refractivity contribution < 1.29 is 18.8 Å². The van der Waals surface area contributed by atoms with Gasteiger partial charge in [-0.15, -0.1) is 11.3 Å². The molecule has 0 aliphatic carbocycles. The summed E-state index contributed by atoms with van der Waals surface area (Å²) in [5, 5.41) is 10.6. The molecule has 0 spiro atoms. The van der Waals surface area contributed by atoms with Crippen molar-refractivity contribution in [1.82, 2.24) is 20.4 Å². The number of carbonyl (C=O) groups excluding carboxylic acids is 2. The molecule has 1 atom stereocenters. The third kappa shape index (κ3) is 3.23. The van der Waals surface area contributed by atoms with Crippen LogP contribution in [-0.4, -0.2) is 34.1 Å². The average Bonchev–Trinajstić information content (AvgIpc) is 3.51. The van der Waals surface area contributed by atoms with Crippen LogP contribution in [0.4, 0.5) is 4.79 Å². The van der Waals surface area contributed by atoms with E-state index in [0.717, 1.165) is 26.3 Å². The first-order valence-corrected chi connectivity index (χ1v) is 10.4. The lowest BCUT2D eigenvalue weighted by Crippen LogP contribution is -2.40. The van der Waals surface area contributed by atoms with Crippen LogP contribution in [-0.2, 0) is 16.9 Å². The van der Waals surface area contributed by atoms with Crippen LogP contribution in [0.5, 0.6) is 5.75 Å². The quantitative estimate of drug-likeness (QED) is 0.478. The molecule has 0 saturated carbocycles. The van der Waals surface area contributed by atoms with E-state index in [0.29, 0.717) is 11.4 Å². The molecule has 0 unspecified atom stereocenters. The molecule has 1 fully saturated rings. The van der Waals surface area contributed by atoms with Gasteiger partial charge in [-0.1, -0.05) is 29.4 Å². The van der Waals surface area contributed by atoms with E-state index in [9.17, 15) is 9.59 Å². The van der Waals surface area contributed by atoms with Crippen LogP contribution in [0.3, 0.4) is 0 Å². The lowest BCUT2D eigenvalue weighted by molar-refractivity contribution is -0.131. The molecule has 1 N–H and O–H groups in total. The summed E-state index contributed by atoms with van der Waals surface area (Å²) in [5.74, 6) is 1.01. The summed E-state index contributed by atoms with van der Waals surface area (Å²) in [6.07, 6.45) is 0. The van der Waals surface area contributed by atoms with Gasteiger partial charge in [-0.25, -0.2) is 4.79 Å². The van der Waals surface area contributed by atoms with Gasteiger partial charge in [-0.05, 0) is 52.9 Å². The summed E-state index contributed by atoms with van der Waals surface area (Å²) in [4.78, 5) is 32.2. The van der Waals surface area contributed by atoms with Crippen LogP contribution < -0.4 is 10.1 Å². The van der Waals surface area contributed by atoms with E-state index in [1.807, 2.05) is 53.9 Å². The highest BCUT2D eigenvalue weighted by molar-refractivity contribution is 7.13. The van der Waals surface area contributed by atoms with Crippen molar-refractivity contribution in [2.75, 3.05) is 7.11 Å². The van der Waals surface area contributed by atoms with E-state index in [1.54, 1.807) is 14.0 Å². The van der Waals surface area contributed by atoms with Gasteiger partial charge in [0.05, 0.1) is 12.0 Å². The lowest BCUT2D eigenvalue weighted by Gasteiger charge is -2.22. The van der Waals surface area contributed by atoms with Gasteiger partial charge in [-0.2, -0.15) is 4.98 Å². The Balaban J connectivity index is 1.42. The Hall–Kier alpha value is -3.72. The van der Waals surface area contributed by atoms with Gasteiger partial charge in [0.1, 0.15) is 17.8 Å². The molecule has 8 nitrogen and oxygen atoms in total. The molecule has 2 aromatic carbocycles. The maximum atomic E-state index is 13.2. The average molecular weight is 434 g/mol. The van der Waals surface area contributed by atoms with Crippen molar-refractivity contribution >= 4 is 34.0 Å². The molecule has 4 aromatic rings. The molecule has 156 valence electrons. The van der Waals surface area contributed by atoms with Crippen LogP contribution in [0.1, 0.15) is 18.4 Å². The number of fused-ring (bicyclic) bond motifs is 1. The van der Waals surface area contributed by atoms with Crippen LogP contribution in [0, 0.1) is 0 Å². The predicted molar refractivity (Wildman–Crippen MR) is 115 cm³/mol. The summed E-state index contributed by atoms with van der Waals surface area (Å²) >= 11 is 1.48. The number of thiophene rings is 1. The van der Waals surface area contributed by atoms with Crippen LogP contribution >= 0.6 is 11.3 Å². The summed E-state index contributed by atoms with van der Waals surface area (Å²) in [7, 11) is 1.62. The summed E-state index contributed by atoms with van der Waals surface area (Å²) in [5.41, 5.74) is -0.502. The topological polar surface area (TPSA) is 97.6 Å². The van der Waals surface area contributed by atoms with Crippen LogP contribution in [0.15, 0.2) is 58.4 Å². The minimum atomic E-state index is -1.19. The maximum absolute atomic E-state index is 13.2. The zero-order chi connectivity index (χ0) is 21.6. The number of amides is 3. The number of hydrogen-bond donors (Lipinski definition) is 1. The fraction of sp³-hybridized carbons (Fsp3) is 0.182. The second-order valence-electron chi connectivity index (χ2n) is 7.36. The van der Waals surface area contributed by atoms with Crippen LogP contribution in [0.2, 0.25) is 0 Å². The molecule has 2 aromatic heterocycles. The van der Waals surface area contributed by atoms with Gasteiger partial charge in [0.25, 0.3) is 5.91 Å². The van der Waals surface area contributed by atoms with Gasteiger partial charge in [0.2, 0.25) is 11.7 Å². The molecule has 1 saturated heterocycles. The third-order valence-corrected chi connectivity index (χ3v) is 6.27. The molecule has 3 amide bonds. The number of methoxy groups -OCH3 is 1. The first-order chi connectivity index (χ1) is 15.0. The van der Waals surface area contributed by atoms with Crippen molar-refractivity contribution in [3.63, 3.8) is 0 Å². The number of ether oxygens (including phenoxy) is 1. The summed E-state index contributed by atoms with van der Waals surface area (Å²) < 4.78 is 10.5. The number of hydrogen-bond acceptors (Lipinski definition) is 7.